The number of amidine groups is 1. The lowest BCUT2D eigenvalue weighted by Gasteiger charge is -2.44. The van der Waals surface area contributed by atoms with Crippen LogP contribution in [0.15, 0.2) is 93.9 Å². The molecule has 110 heavy (non-hydrogen) atoms. The predicted molar refractivity (Wildman–Crippen MR) is 435 cm³/mol. The van der Waals surface area contributed by atoms with E-state index in [1.807, 2.05) is 137 Å². The van der Waals surface area contributed by atoms with Crippen molar-refractivity contribution < 1.29 is 51.2 Å². The van der Waals surface area contributed by atoms with Gasteiger partial charge in [-0.25, -0.2) is 23.7 Å². The maximum atomic E-state index is 13.0. The van der Waals surface area contributed by atoms with Crippen molar-refractivity contribution in [3.8, 4) is 0 Å². The van der Waals surface area contributed by atoms with Gasteiger partial charge in [0.1, 0.15) is 65.7 Å². The zero-order valence-corrected chi connectivity index (χ0v) is 72.5. The first-order valence-electron chi connectivity index (χ1n) is 38.6. The lowest BCUT2D eigenvalue weighted by molar-refractivity contribution is -0.117. The lowest BCUT2D eigenvalue weighted by Crippen LogP contribution is -2.43. The number of nitrogens with one attached hydrogen (secondary N) is 3. The third kappa shape index (κ3) is 33.9. The Morgan fingerprint density at radius 2 is 1.16 bits per heavy atom. The number of aromatic nitrogens is 11. The van der Waals surface area contributed by atoms with E-state index in [2.05, 4.69) is 166 Å². The van der Waals surface area contributed by atoms with Crippen LogP contribution in [-0.2, 0) is 30.9 Å². The average Bonchev–Trinajstić information content (AvgIpc) is 1.29. The molecule has 1 aromatic carbocycles. The summed E-state index contributed by atoms with van der Waals surface area (Å²) in [5.74, 6) is 10.7. The van der Waals surface area contributed by atoms with Crippen molar-refractivity contribution in [1.29, 1.82) is 0 Å². The number of aliphatic imine (C=N–C) groups is 3. The van der Waals surface area contributed by atoms with Crippen molar-refractivity contribution in [2.45, 2.75) is 280 Å². The summed E-state index contributed by atoms with van der Waals surface area (Å²) >= 11 is 0. The van der Waals surface area contributed by atoms with Crippen LogP contribution in [0.1, 0.15) is 298 Å². The lowest BCUT2D eigenvalue weighted by atomic mass is 9.72. The van der Waals surface area contributed by atoms with E-state index in [9.17, 15) is 23.2 Å². The van der Waals surface area contributed by atoms with E-state index in [-0.39, 0.29) is 57.8 Å². The highest BCUT2D eigenvalue weighted by molar-refractivity contribution is 6.40. The first-order chi connectivity index (χ1) is 51.3. The van der Waals surface area contributed by atoms with Gasteiger partial charge in [0.15, 0.2) is 11.6 Å². The summed E-state index contributed by atoms with van der Waals surface area (Å²) in [7, 11) is 5.55. The van der Waals surface area contributed by atoms with E-state index in [0.717, 1.165) is 47.6 Å². The number of ketones is 1. The molecule has 0 radical (unpaired) electrons. The smallest absolute Gasteiger partial charge is 0.266 e. The number of methoxy groups -OCH3 is 2. The molecule has 2 amide bonds. The number of halogens is 2. The number of allylic oxidation sites excluding steroid dienone is 2. The molecule has 4 N–H and O–H groups in total. The fourth-order valence-electron chi connectivity index (χ4n) is 10.6. The Hall–Kier alpha value is -8.59. The molecule has 8 heterocycles. The van der Waals surface area contributed by atoms with Gasteiger partial charge in [-0.15, -0.1) is 10.2 Å². The second-order valence-corrected chi connectivity index (χ2v) is 31.3. The molecule has 2 fully saturated rings. The fraction of sp³-hybridized carbons (Fsp3) is 0.651. The SMILES string of the molecule is C=C1C(=O)C(C(C)C)=C1O.CC(C)C1=NCC=N1.CC(C)C1=NCNC1=O.CC(C)c1ncn[nH]1.CC(C)c1ncnn1C.CC1=C(C(C)C)C(=O)NC1.COC1(C(C)C)CC1.COC1(C(C)C)CCC1.Cc1c(F)cc(C(C)C)cc1F.Cc1cc(C(C)C)on1.Cc1nnc(C(C)C)o1.Cc1noc(C(C)C)n1. The summed E-state index contributed by atoms with van der Waals surface area (Å²) in [5.41, 5.74) is 5.93. The molecule has 0 spiro atoms. The standard InChI is InChI=1S/C10H12F2.C8H13NO.C8H10O2.C8H16O.C7H11NO.C7H14O.C6H11N3.3C6H10N2O.C6H10N2.C5H9N3/c1-6(2)8-4-9(11)7(3)10(12)5-8;1-5(2)7-6(3)4-9-8(7)10;1-4(2)6-7(9)5(3)8(6)10;1-7(2)8(9-3)5-4-6-8;1-5(2)7-4-6(3)8-9-7;1-6(2)7(8-3)4-5-7;1-5(2)6-7-4-8-9(6)3;1-4(2)5-6(9)8-3-7-5;1-4(2)6-8-7-5(3)9-6;1-4(2)6-7-5(3)8-9-6;1-5(2)6-7-3-4-8-6;1-4(2)5-6-3-7-8-5/h4-6H,1-3H3;5H,4H2,1-3H3,(H,9,10);4,9H,3H2,1-2H3;7H,4-6H2,1-3H3;4-5H,1-3H3;6H,4-5H2,1-3H3;4-5H,1-3H3;4H,3H2,1-2H3,(H,8,9);2*4H,1-3H3;3,5H,4H2,1-2H3;3-4H,1-2H3,(H,6,7,8). The van der Waals surface area contributed by atoms with Crippen LogP contribution in [-0.4, -0.2) is 141 Å². The van der Waals surface area contributed by atoms with Crippen molar-refractivity contribution in [2.75, 3.05) is 34.0 Å². The Morgan fingerprint density at radius 1 is 0.600 bits per heavy atom. The molecule has 25 nitrogen and oxygen atoms in total. The van der Waals surface area contributed by atoms with E-state index in [4.69, 9.17) is 28.0 Å². The monoisotopic (exact) mass is 1540 g/mol. The molecule has 0 atom stereocenters. The molecule has 12 rings (SSSR count). The molecule has 616 valence electrons. The fourth-order valence-corrected chi connectivity index (χ4v) is 10.6. The van der Waals surface area contributed by atoms with E-state index < -0.39 is 11.6 Å². The highest BCUT2D eigenvalue weighted by Crippen LogP contribution is 2.45. The van der Waals surface area contributed by atoms with Gasteiger partial charge in [0.05, 0.1) is 29.0 Å². The molecule has 2 saturated carbocycles. The maximum Gasteiger partial charge on any atom is 0.266 e. The Morgan fingerprint density at radius 3 is 1.36 bits per heavy atom. The van der Waals surface area contributed by atoms with Crippen molar-refractivity contribution in [2.24, 2.45) is 57.5 Å². The van der Waals surface area contributed by atoms with Crippen LogP contribution >= 0.6 is 0 Å². The van der Waals surface area contributed by atoms with Gasteiger partial charge >= 0.3 is 0 Å². The van der Waals surface area contributed by atoms with Crippen LogP contribution in [0.5, 0.6) is 0 Å². The van der Waals surface area contributed by atoms with Gasteiger partial charge in [0, 0.05) is 105 Å². The minimum atomic E-state index is -0.460. The van der Waals surface area contributed by atoms with Gasteiger partial charge < -0.3 is 38.7 Å². The number of hydrogen-bond acceptors (Lipinski definition) is 21. The number of aromatic amines is 1. The van der Waals surface area contributed by atoms with Crippen LogP contribution < -0.4 is 10.6 Å². The summed E-state index contributed by atoms with van der Waals surface area (Å²) in [5, 5.41) is 39.8. The topological polar surface area (TPSA) is 327 Å². The van der Waals surface area contributed by atoms with E-state index >= 15 is 0 Å². The molecule has 6 aromatic rings. The minimum Gasteiger partial charge on any atom is -0.507 e. The highest BCUT2D eigenvalue weighted by Gasteiger charge is 2.45. The Balaban J connectivity index is 0.000000601. The minimum absolute atomic E-state index is 0.00926. The molecule has 0 bridgehead atoms. The van der Waals surface area contributed by atoms with Crippen molar-refractivity contribution in [3.63, 3.8) is 0 Å². The second kappa shape index (κ2) is 48.9. The summed E-state index contributed by atoms with van der Waals surface area (Å²) in [6, 6.07) is 4.75. The van der Waals surface area contributed by atoms with Gasteiger partial charge in [-0.2, -0.15) is 15.2 Å². The molecular formula is C83H136F2N16O9. The van der Waals surface area contributed by atoms with Crippen LogP contribution in [0, 0.1) is 74.8 Å². The number of benzene rings is 1. The van der Waals surface area contributed by atoms with Crippen LogP contribution in [0.3, 0.4) is 0 Å². The predicted octanol–water partition coefficient (Wildman–Crippen LogP) is 18.4. The van der Waals surface area contributed by atoms with Gasteiger partial charge in [-0.3, -0.25) is 34.1 Å². The number of aryl methyl sites for hydroxylation is 4. The molecule has 3 aliphatic carbocycles. The Bertz CT molecular complexity index is 3730. The molecule has 0 saturated heterocycles. The summed E-state index contributed by atoms with van der Waals surface area (Å²) < 4.78 is 53.4. The highest BCUT2D eigenvalue weighted by atomic mass is 19.1. The number of amides is 2. The van der Waals surface area contributed by atoms with E-state index in [1.165, 1.54) is 63.1 Å². The largest absolute Gasteiger partial charge is 0.507 e. The maximum absolute atomic E-state index is 13.0. The van der Waals surface area contributed by atoms with Crippen LogP contribution in [0.4, 0.5) is 8.78 Å². The quantitative estimate of drug-likeness (QED) is 0.0736. The normalized spacial score (nSPS) is 15.3. The molecule has 3 aliphatic heterocycles. The van der Waals surface area contributed by atoms with Crippen molar-refractivity contribution >= 4 is 35.4 Å². The van der Waals surface area contributed by atoms with Gasteiger partial charge in [0.25, 0.3) is 5.91 Å². The number of nitrogens with zero attached hydrogens (tertiary/aromatic N) is 13. The van der Waals surface area contributed by atoms with Crippen LogP contribution in [0.25, 0.3) is 0 Å². The third-order valence-electron chi connectivity index (χ3n) is 18.1. The summed E-state index contributed by atoms with van der Waals surface area (Å²) in [4.78, 5) is 56.9. The Labute approximate surface area is 655 Å². The number of aliphatic hydroxyl groups excluding tert-OH is 1. The molecule has 27 heteroatoms. The summed E-state index contributed by atoms with van der Waals surface area (Å²) in [6.45, 7) is 63.6. The van der Waals surface area contributed by atoms with Gasteiger partial charge in [0.2, 0.25) is 23.6 Å². The third-order valence-corrected chi connectivity index (χ3v) is 18.1. The number of carbonyl (C=O) groups excluding carboxylic acids is 3. The van der Waals surface area contributed by atoms with Gasteiger partial charge in [-0.1, -0.05) is 183 Å². The first-order valence-corrected chi connectivity index (χ1v) is 38.6. The van der Waals surface area contributed by atoms with Crippen molar-refractivity contribution in [1.82, 2.24) is 66.1 Å². The zero-order valence-electron chi connectivity index (χ0n) is 72.5. The number of hydrogen-bond donors (Lipinski definition) is 4. The molecule has 5 aromatic heterocycles. The average molecular weight is 1540 g/mol. The molecule has 0 unspecified atom stereocenters. The second-order valence-electron chi connectivity index (χ2n) is 31.3. The first kappa shape index (κ1) is 99.4. The zero-order chi connectivity index (χ0) is 84.2. The van der Waals surface area contributed by atoms with E-state index in [1.54, 1.807) is 17.9 Å². The molecule has 6 aliphatic rings. The van der Waals surface area contributed by atoms with Gasteiger partial charge in [-0.05, 0) is 113 Å². The number of ether oxygens (including phenoxy) is 2. The van der Waals surface area contributed by atoms with E-state index in [0.29, 0.717) is 106 Å². The Kier molecular flexibility index (Phi) is 44.2. The number of Topliss-reactive ketones (excluding diaryl/α,β-unsaturated/α-hetero) is 1. The van der Waals surface area contributed by atoms with Crippen molar-refractivity contribution in [3.05, 3.63) is 135 Å². The number of carbonyl (C=O) groups is 3. The number of H-pyrrole nitrogens is 1. The molecular weight excluding hydrogens is 1400 g/mol. The summed E-state index contributed by atoms with van der Waals surface area (Å²) in [6.07, 6.45) is 11.4. The number of aliphatic hydroxyl groups is 1. The number of rotatable bonds is 14. The van der Waals surface area contributed by atoms with Crippen LogP contribution in [0.2, 0.25) is 0 Å².